The summed E-state index contributed by atoms with van der Waals surface area (Å²) >= 11 is 0. The highest BCUT2D eigenvalue weighted by Gasteiger charge is 2.14. The first-order valence-corrected chi connectivity index (χ1v) is 11.8. The van der Waals surface area contributed by atoms with Crippen LogP contribution in [0.2, 0.25) is 0 Å². The van der Waals surface area contributed by atoms with Crippen molar-refractivity contribution < 1.29 is 4.79 Å². The lowest BCUT2D eigenvalue weighted by Gasteiger charge is -2.17. The molecule has 1 aromatic heterocycles. The molecule has 10 heteroatoms. The zero-order chi connectivity index (χ0) is 25.8. The summed E-state index contributed by atoms with van der Waals surface area (Å²) < 4.78 is 2.09. The number of benzene rings is 3. The van der Waals surface area contributed by atoms with Crippen molar-refractivity contribution in [1.29, 1.82) is 10.8 Å². The molecule has 0 aliphatic rings. The van der Waals surface area contributed by atoms with Gasteiger partial charge < -0.3 is 20.9 Å². The average molecular weight is 555 g/mol. The molecule has 1 heterocycles. The molecule has 0 saturated carbocycles. The second-order valence-electron chi connectivity index (χ2n) is 8.93. The molecule has 4 rings (SSSR count). The number of rotatable bonds is 9. The minimum atomic E-state index is 0. The summed E-state index contributed by atoms with van der Waals surface area (Å²) in [5.74, 6) is 1.10. The van der Waals surface area contributed by atoms with Crippen LogP contribution in [0, 0.1) is 10.8 Å². The van der Waals surface area contributed by atoms with Gasteiger partial charge in [-0.25, -0.2) is 4.98 Å². The van der Waals surface area contributed by atoms with Gasteiger partial charge in [-0.05, 0) is 42.2 Å². The number of hydrogen-bond donors (Lipinski definition) is 4. The van der Waals surface area contributed by atoms with Gasteiger partial charge in [0.05, 0.1) is 11.0 Å². The Balaban J connectivity index is 0.00000253. The molecule has 0 fully saturated rings. The molecule has 0 saturated heterocycles. The third-order valence-electron chi connectivity index (χ3n) is 6.51. The van der Waals surface area contributed by atoms with Crippen LogP contribution >= 0.6 is 24.8 Å². The number of nitrogens with two attached hydrogens (primary N) is 2. The fourth-order valence-electron chi connectivity index (χ4n) is 4.19. The zero-order valence-corrected chi connectivity index (χ0v) is 23.0. The van der Waals surface area contributed by atoms with Gasteiger partial charge in [-0.1, -0.05) is 48.5 Å². The largest absolute Gasteiger partial charge is 0.384 e. The van der Waals surface area contributed by atoms with Crippen LogP contribution in [0.4, 0.5) is 5.69 Å². The van der Waals surface area contributed by atoms with Crippen LogP contribution in [-0.4, -0.2) is 34.2 Å². The molecule has 0 radical (unpaired) electrons. The number of anilines is 1. The van der Waals surface area contributed by atoms with Gasteiger partial charge in [-0.3, -0.25) is 15.6 Å². The summed E-state index contributed by atoms with van der Waals surface area (Å²) in [7, 11) is 3.80. The fourth-order valence-corrected chi connectivity index (χ4v) is 4.19. The summed E-state index contributed by atoms with van der Waals surface area (Å²) in [6.07, 6.45) is 2.60. The molecule has 38 heavy (non-hydrogen) atoms. The van der Waals surface area contributed by atoms with Crippen LogP contribution in [0.25, 0.3) is 11.0 Å². The number of carbonyl (C=O) groups excluding carboxylic acids is 1. The first-order valence-electron chi connectivity index (χ1n) is 11.8. The fraction of sp³-hybridized carbons (Fsp3) is 0.214. The minimum Gasteiger partial charge on any atom is -0.384 e. The molecule has 0 aliphatic carbocycles. The van der Waals surface area contributed by atoms with E-state index in [1.54, 1.807) is 24.1 Å². The SMILES string of the molecule is CN(C(=O)CCc1ccc(C(=N)N)cc1)c1ccc2c(c1)nc(CCc1ccc(C(=N)N)cc1)n2C.Cl.Cl. The molecule has 0 spiro atoms. The van der Waals surface area contributed by atoms with Gasteiger partial charge >= 0.3 is 0 Å². The van der Waals surface area contributed by atoms with E-state index in [2.05, 4.69) is 4.57 Å². The summed E-state index contributed by atoms with van der Waals surface area (Å²) in [6.45, 7) is 0. The predicted molar refractivity (Wildman–Crippen MR) is 159 cm³/mol. The smallest absolute Gasteiger partial charge is 0.227 e. The summed E-state index contributed by atoms with van der Waals surface area (Å²) in [4.78, 5) is 19.4. The molecule has 0 aliphatic heterocycles. The number of fused-ring (bicyclic) bond motifs is 1. The number of aryl methyl sites for hydroxylation is 4. The Kier molecular flexibility index (Phi) is 10.4. The number of carbonyl (C=O) groups is 1. The number of amides is 1. The lowest BCUT2D eigenvalue weighted by molar-refractivity contribution is -0.118. The Bertz CT molecular complexity index is 1430. The molecule has 8 nitrogen and oxygen atoms in total. The number of halogens is 2. The van der Waals surface area contributed by atoms with E-state index in [1.165, 1.54) is 0 Å². The number of nitrogen functional groups attached to an aromatic ring is 2. The highest BCUT2D eigenvalue weighted by atomic mass is 35.5. The third kappa shape index (κ3) is 6.90. The van der Waals surface area contributed by atoms with Crippen molar-refractivity contribution in [2.24, 2.45) is 18.5 Å². The van der Waals surface area contributed by atoms with Crippen LogP contribution in [0.15, 0.2) is 66.7 Å². The second-order valence-corrected chi connectivity index (χ2v) is 8.93. The molecule has 200 valence electrons. The summed E-state index contributed by atoms with van der Waals surface area (Å²) in [6, 6.07) is 21.1. The number of aromatic nitrogens is 2. The van der Waals surface area contributed by atoms with E-state index in [0.29, 0.717) is 18.4 Å². The van der Waals surface area contributed by atoms with Crippen LogP contribution in [-0.2, 0) is 31.1 Å². The Morgan fingerprint density at radius 3 is 1.89 bits per heavy atom. The normalized spacial score (nSPS) is 10.4. The minimum absolute atomic E-state index is 0. The molecule has 0 unspecified atom stereocenters. The van der Waals surface area contributed by atoms with Gasteiger partial charge in [0.2, 0.25) is 5.91 Å². The predicted octanol–water partition coefficient (Wildman–Crippen LogP) is 4.37. The maximum Gasteiger partial charge on any atom is 0.227 e. The van der Waals surface area contributed by atoms with Crippen LogP contribution in [0.3, 0.4) is 0 Å². The quantitative estimate of drug-likeness (QED) is 0.180. The Labute approximate surface area is 234 Å². The highest BCUT2D eigenvalue weighted by molar-refractivity contribution is 5.96. The maximum absolute atomic E-state index is 12.9. The number of nitrogens with zero attached hydrogens (tertiary/aromatic N) is 3. The topological polar surface area (TPSA) is 138 Å². The number of amidine groups is 2. The molecule has 3 aromatic carbocycles. The summed E-state index contributed by atoms with van der Waals surface area (Å²) in [5, 5.41) is 15.0. The Morgan fingerprint density at radius 1 is 0.842 bits per heavy atom. The van der Waals surface area contributed by atoms with Gasteiger partial charge in [0.15, 0.2) is 0 Å². The van der Waals surface area contributed by atoms with E-state index < -0.39 is 0 Å². The van der Waals surface area contributed by atoms with Crippen molar-refractivity contribution in [2.45, 2.75) is 25.7 Å². The van der Waals surface area contributed by atoms with Crippen molar-refractivity contribution in [3.05, 3.63) is 94.8 Å². The first-order chi connectivity index (χ1) is 17.2. The van der Waals surface area contributed by atoms with Gasteiger partial charge in [0.1, 0.15) is 17.5 Å². The summed E-state index contributed by atoms with van der Waals surface area (Å²) in [5.41, 5.74) is 17.3. The molecule has 4 aromatic rings. The highest BCUT2D eigenvalue weighted by Crippen LogP contribution is 2.23. The van der Waals surface area contributed by atoms with Crippen molar-refractivity contribution >= 4 is 59.1 Å². The van der Waals surface area contributed by atoms with Gasteiger partial charge in [-0.15, -0.1) is 24.8 Å². The zero-order valence-electron chi connectivity index (χ0n) is 21.4. The van der Waals surface area contributed by atoms with E-state index >= 15 is 0 Å². The van der Waals surface area contributed by atoms with E-state index in [1.807, 2.05) is 61.6 Å². The van der Waals surface area contributed by atoms with Gasteiger partial charge in [0.25, 0.3) is 0 Å². The molecule has 6 N–H and O–H groups in total. The van der Waals surface area contributed by atoms with Gasteiger partial charge in [0, 0.05) is 43.8 Å². The molecule has 1 amide bonds. The molecular formula is C28H33Cl2N7O. The Morgan fingerprint density at radius 2 is 1.37 bits per heavy atom. The van der Waals surface area contributed by atoms with Crippen molar-refractivity contribution in [3.63, 3.8) is 0 Å². The molecular weight excluding hydrogens is 521 g/mol. The monoisotopic (exact) mass is 553 g/mol. The van der Waals surface area contributed by atoms with Crippen molar-refractivity contribution in [1.82, 2.24) is 9.55 Å². The second kappa shape index (κ2) is 13.1. The van der Waals surface area contributed by atoms with E-state index in [4.69, 9.17) is 27.3 Å². The molecule has 0 atom stereocenters. The lowest BCUT2D eigenvalue weighted by Crippen LogP contribution is -2.26. The maximum atomic E-state index is 12.9. The van der Waals surface area contributed by atoms with Crippen molar-refractivity contribution in [3.8, 4) is 0 Å². The van der Waals surface area contributed by atoms with Crippen LogP contribution < -0.4 is 16.4 Å². The average Bonchev–Trinajstić information content (AvgIpc) is 3.20. The third-order valence-corrected chi connectivity index (χ3v) is 6.51. The first kappa shape index (κ1) is 30.3. The number of imidazole rings is 1. The van der Waals surface area contributed by atoms with Crippen LogP contribution in [0.5, 0.6) is 0 Å². The van der Waals surface area contributed by atoms with E-state index in [0.717, 1.165) is 52.1 Å². The van der Waals surface area contributed by atoms with Crippen molar-refractivity contribution in [2.75, 3.05) is 11.9 Å². The number of hydrogen-bond acceptors (Lipinski definition) is 4. The van der Waals surface area contributed by atoms with E-state index in [-0.39, 0.29) is 42.4 Å². The number of nitrogens with one attached hydrogen (secondary N) is 2. The van der Waals surface area contributed by atoms with Crippen LogP contribution in [0.1, 0.15) is 34.5 Å². The standard InChI is InChI=1S/C28H31N7O.2ClH/c1-34(26(36)16-8-19-5-11-21(12-6-19)28(31)32)22-13-14-24-23(17-22)33-25(35(24)2)15-7-18-3-9-20(10-4-18)27(29)30;;/h3-6,9-14,17H,7-8,15-16H2,1-2H3,(H3,29,30)(H3,31,32);2*1H. The van der Waals surface area contributed by atoms with Gasteiger partial charge in [-0.2, -0.15) is 0 Å². The Hall–Kier alpha value is -3.88. The lowest BCUT2D eigenvalue weighted by atomic mass is 10.1. The molecule has 0 bridgehead atoms. The van der Waals surface area contributed by atoms with E-state index in [9.17, 15) is 4.79 Å².